The predicted molar refractivity (Wildman–Crippen MR) is 84.2 cm³/mol. The average molecular weight is 289 g/mol. The Labute approximate surface area is 125 Å². The summed E-state index contributed by atoms with van der Waals surface area (Å²) in [4.78, 5) is 23.8. The summed E-state index contributed by atoms with van der Waals surface area (Å²) >= 11 is 0. The molecule has 1 heterocycles. The topological polar surface area (TPSA) is 70.2 Å². The Morgan fingerprint density at radius 1 is 1.14 bits per heavy atom. The Balaban J connectivity index is 1.99. The monoisotopic (exact) mass is 289 g/mol. The van der Waals surface area contributed by atoms with Crippen molar-refractivity contribution >= 4 is 23.2 Å². The van der Waals surface area contributed by atoms with Crippen LogP contribution in [0.3, 0.4) is 0 Å². The van der Waals surface area contributed by atoms with E-state index in [1.807, 2.05) is 19.1 Å². The molecule has 1 atom stereocenters. The maximum absolute atomic E-state index is 12.5. The molecule has 0 spiro atoms. The van der Waals surface area contributed by atoms with Gasteiger partial charge >= 0.3 is 0 Å². The van der Waals surface area contributed by atoms with Crippen LogP contribution in [0.1, 0.15) is 33.1 Å². The van der Waals surface area contributed by atoms with Crippen molar-refractivity contribution in [2.75, 3.05) is 23.7 Å². The standard InChI is InChI=1S/C16H23N3O2/c1-3-14(20)18-12-5-7-13(8-6-12)19-15(21)16(4-2)9-10-17-11-16/h5-8,17H,3-4,9-11H2,1-2H3,(H,18,20)(H,19,21). The largest absolute Gasteiger partial charge is 0.326 e. The van der Waals surface area contributed by atoms with Gasteiger partial charge in [0.05, 0.1) is 5.41 Å². The van der Waals surface area contributed by atoms with E-state index in [0.717, 1.165) is 37.3 Å². The summed E-state index contributed by atoms with van der Waals surface area (Å²) in [6, 6.07) is 7.23. The molecule has 1 unspecified atom stereocenters. The van der Waals surface area contributed by atoms with Gasteiger partial charge in [-0.2, -0.15) is 0 Å². The van der Waals surface area contributed by atoms with Crippen molar-refractivity contribution in [2.45, 2.75) is 33.1 Å². The Morgan fingerprint density at radius 3 is 2.24 bits per heavy atom. The average Bonchev–Trinajstić information content (AvgIpc) is 2.99. The summed E-state index contributed by atoms with van der Waals surface area (Å²) in [5, 5.41) is 9.02. The Kier molecular flexibility index (Phi) is 4.96. The van der Waals surface area contributed by atoms with Gasteiger partial charge in [-0.15, -0.1) is 0 Å². The highest BCUT2D eigenvalue weighted by Crippen LogP contribution is 2.31. The summed E-state index contributed by atoms with van der Waals surface area (Å²) in [5.41, 5.74) is 1.21. The number of carbonyl (C=O) groups is 2. The predicted octanol–water partition coefficient (Wildman–Crippen LogP) is 2.36. The molecule has 0 aromatic heterocycles. The lowest BCUT2D eigenvalue weighted by molar-refractivity contribution is -0.124. The first-order valence-corrected chi connectivity index (χ1v) is 7.52. The SMILES string of the molecule is CCC(=O)Nc1ccc(NC(=O)C2(CC)CCNC2)cc1. The molecule has 1 aliphatic rings. The second-order valence-electron chi connectivity index (χ2n) is 5.49. The first-order chi connectivity index (χ1) is 10.1. The van der Waals surface area contributed by atoms with Crippen LogP contribution >= 0.6 is 0 Å². The Bertz CT molecular complexity index is 505. The minimum atomic E-state index is -0.297. The molecule has 0 bridgehead atoms. The number of rotatable bonds is 5. The zero-order chi connectivity index (χ0) is 15.3. The molecule has 2 rings (SSSR count). The van der Waals surface area contributed by atoms with Crippen molar-refractivity contribution in [3.8, 4) is 0 Å². The highest BCUT2D eigenvalue weighted by atomic mass is 16.2. The third-order valence-corrected chi connectivity index (χ3v) is 4.15. The molecular formula is C16H23N3O2. The molecular weight excluding hydrogens is 266 g/mol. The van der Waals surface area contributed by atoms with Gasteiger partial charge in [0.1, 0.15) is 0 Å². The highest BCUT2D eigenvalue weighted by Gasteiger charge is 2.39. The fraction of sp³-hybridized carbons (Fsp3) is 0.500. The summed E-state index contributed by atoms with van der Waals surface area (Å²) in [6.07, 6.45) is 2.15. The number of nitrogens with one attached hydrogen (secondary N) is 3. The molecule has 0 aliphatic carbocycles. The van der Waals surface area contributed by atoms with Crippen LogP contribution in [0.15, 0.2) is 24.3 Å². The Morgan fingerprint density at radius 2 is 1.76 bits per heavy atom. The number of anilines is 2. The quantitative estimate of drug-likeness (QED) is 0.779. The Hall–Kier alpha value is -1.88. The lowest BCUT2D eigenvalue weighted by atomic mass is 9.83. The van der Waals surface area contributed by atoms with Crippen molar-refractivity contribution in [3.63, 3.8) is 0 Å². The fourth-order valence-corrected chi connectivity index (χ4v) is 2.55. The molecule has 21 heavy (non-hydrogen) atoms. The molecule has 1 aromatic rings. The van der Waals surface area contributed by atoms with E-state index in [1.165, 1.54) is 0 Å². The van der Waals surface area contributed by atoms with Gasteiger partial charge in [0.15, 0.2) is 0 Å². The minimum Gasteiger partial charge on any atom is -0.326 e. The van der Waals surface area contributed by atoms with Gasteiger partial charge in [0.2, 0.25) is 11.8 Å². The van der Waals surface area contributed by atoms with Crippen LogP contribution in [0, 0.1) is 5.41 Å². The van der Waals surface area contributed by atoms with Gasteiger partial charge < -0.3 is 16.0 Å². The van der Waals surface area contributed by atoms with Gasteiger partial charge in [0.25, 0.3) is 0 Å². The van der Waals surface area contributed by atoms with E-state index >= 15 is 0 Å². The minimum absolute atomic E-state index is 0.0197. The van der Waals surface area contributed by atoms with Crippen LogP contribution in [0.2, 0.25) is 0 Å². The molecule has 0 radical (unpaired) electrons. The second kappa shape index (κ2) is 6.72. The van der Waals surface area contributed by atoms with Crippen LogP contribution in [0.25, 0.3) is 0 Å². The first kappa shape index (κ1) is 15.5. The van der Waals surface area contributed by atoms with E-state index < -0.39 is 0 Å². The maximum atomic E-state index is 12.5. The number of carbonyl (C=O) groups excluding carboxylic acids is 2. The fourth-order valence-electron chi connectivity index (χ4n) is 2.55. The number of benzene rings is 1. The summed E-state index contributed by atoms with van der Waals surface area (Å²) in [5.74, 6) is 0.0501. The van der Waals surface area contributed by atoms with Crippen molar-refractivity contribution in [1.29, 1.82) is 0 Å². The molecule has 5 nitrogen and oxygen atoms in total. The molecule has 3 N–H and O–H groups in total. The summed E-state index contributed by atoms with van der Waals surface area (Å²) in [7, 11) is 0. The van der Waals surface area contributed by atoms with Crippen molar-refractivity contribution in [2.24, 2.45) is 5.41 Å². The van der Waals surface area contributed by atoms with Crippen LogP contribution in [0.4, 0.5) is 11.4 Å². The third-order valence-electron chi connectivity index (χ3n) is 4.15. The molecule has 2 amide bonds. The number of hydrogen-bond donors (Lipinski definition) is 3. The number of hydrogen-bond acceptors (Lipinski definition) is 3. The first-order valence-electron chi connectivity index (χ1n) is 7.52. The summed E-state index contributed by atoms with van der Waals surface area (Å²) in [6.45, 7) is 5.49. The van der Waals surface area contributed by atoms with Crippen molar-refractivity contribution in [3.05, 3.63) is 24.3 Å². The van der Waals surface area contributed by atoms with Crippen LogP contribution in [-0.4, -0.2) is 24.9 Å². The van der Waals surface area contributed by atoms with Gasteiger partial charge in [-0.3, -0.25) is 9.59 Å². The molecule has 1 aromatic carbocycles. The molecule has 1 saturated heterocycles. The van der Waals surface area contributed by atoms with Crippen LogP contribution in [-0.2, 0) is 9.59 Å². The van der Waals surface area contributed by atoms with Gasteiger partial charge in [-0.1, -0.05) is 13.8 Å². The van der Waals surface area contributed by atoms with Crippen molar-refractivity contribution in [1.82, 2.24) is 5.32 Å². The second-order valence-corrected chi connectivity index (χ2v) is 5.49. The smallest absolute Gasteiger partial charge is 0.231 e. The molecule has 1 fully saturated rings. The van der Waals surface area contributed by atoms with Crippen LogP contribution < -0.4 is 16.0 Å². The molecule has 0 saturated carbocycles. The number of amides is 2. The normalized spacial score (nSPS) is 21.0. The van der Waals surface area contributed by atoms with E-state index in [9.17, 15) is 9.59 Å². The van der Waals surface area contributed by atoms with E-state index in [-0.39, 0.29) is 17.2 Å². The van der Waals surface area contributed by atoms with Gasteiger partial charge in [0, 0.05) is 24.3 Å². The van der Waals surface area contributed by atoms with E-state index in [2.05, 4.69) is 22.9 Å². The van der Waals surface area contributed by atoms with Gasteiger partial charge in [-0.05, 0) is 43.7 Å². The van der Waals surface area contributed by atoms with E-state index in [0.29, 0.717) is 6.42 Å². The van der Waals surface area contributed by atoms with Crippen molar-refractivity contribution < 1.29 is 9.59 Å². The molecule has 114 valence electrons. The maximum Gasteiger partial charge on any atom is 0.231 e. The van der Waals surface area contributed by atoms with Gasteiger partial charge in [-0.25, -0.2) is 0 Å². The van der Waals surface area contributed by atoms with Crippen LogP contribution in [0.5, 0.6) is 0 Å². The zero-order valence-corrected chi connectivity index (χ0v) is 12.7. The third kappa shape index (κ3) is 3.61. The van der Waals surface area contributed by atoms with E-state index in [1.54, 1.807) is 12.1 Å². The lowest BCUT2D eigenvalue weighted by Gasteiger charge is -2.25. The highest BCUT2D eigenvalue weighted by molar-refractivity contribution is 5.96. The summed E-state index contributed by atoms with van der Waals surface area (Å²) < 4.78 is 0. The molecule has 5 heteroatoms. The van der Waals surface area contributed by atoms with E-state index in [4.69, 9.17) is 0 Å². The zero-order valence-electron chi connectivity index (χ0n) is 12.7. The lowest BCUT2D eigenvalue weighted by Crippen LogP contribution is -2.37. The molecule has 1 aliphatic heterocycles.